The molecule has 0 bridgehead atoms. The van der Waals surface area contributed by atoms with E-state index in [-0.39, 0.29) is 23.8 Å². The number of hydrogen-bond donors (Lipinski definition) is 2. The number of likely N-dealkylation sites (tertiary alicyclic amines) is 1. The van der Waals surface area contributed by atoms with Gasteiger partial charge in [-0.15, -0.1) is 0 Å². The van der Waals surface area contributed by atoms with Gasteiger partial charge in [-0.05, 0) is 44.4 Å². The molecule has 1 aromatic carbocycles. The molecule has 2 aliphatic heterocycles. The van der Waals surface area contributed by atoms with E-state index < -0.39 is 10.9 Å². The number of carbonyl (C=O) groups excluding carboxylic acids is 3. The predicted octanol–water partition coefficient (Wildman–Crippen LogP) is 3.33. The van der Waals surface area contributed by atoms with E-state index in [9.17, 15) is 14.4 Å². The third-order valence-corrected chi connectivity index (χ3v) is 7.47. The molecule has 1 atom stereocenters. The fourth-order valence-corrected chi connectivity index (χ4v) is 5.36. The maximum Gasteiger partial charge on any atom is 0.255 e. The van der Waals surface area contributed by atoms with E-state index in [1.165, 1.54) is 7.11 Å². The summed E-state index contributed by atoms with van der Waals surface area (Å²) < 4.78 is 5.51. The number of methoxy groups -OCH3 is 1. The minimum atomic E-state index is -1.09. The molecule has 2 aromatic rings. The van der Waals surface area contributed by atoms with Crippen LogP contribution in [0.4, 0.5) is 23.1 Å². The van der Waals surface area contributed by atoms with E-state index in [1.807, 2.05) is 13.8 Å². The van der Waals surface area contributed by atoms with Crippen LogP contribution in [0.2, 0.25) is 0 Å². The Labute approximate surface area is 237 Å². The average molecular weight is 579 g/mol. The number of nitrogens with one attached hydrogen (secondary N) is 2. The molecule has 2 aliphatic rings. The number of piperidine rings is 1. The summed E-state index contributed by atoms with van der Waals surface area (Å²) in [5.74, 6) is 0.889. The van der Waals surface area contributed by atoms with Crippen molar-refractivity contribution in [2.24, 2.45) is 0 Å². The van der Waals surface area contributed by atoms with E-state index in [2.05, 4.69) is 20.5 Å². The SMILES string of the molecule is CCNC(=O)c1ccc(Nc2ncc3c(n2)N(C2CCN(C(=O)C(Cl)Cl)CC2)[C@H](CC)C(=O)N3C)c(OC)c1. The Bertz CT molecular complexity index is 1240. The highest BCUT2D eigenvalue weighted by Crippen LogP contribution is 2.39. The van der Waals surface area contributed by atoms with Crippen molar-refractivity contribution < 1.29 is 19.1 Å². The number of benzene rings is 1. The quantitative estimate of drug-likeness (QED) is 0.458. The molecule has 3 heterocycles. The van der Waals surface area contributed by atoms with Crippen LogP contribution in [0, 0.1) is 0 Å². The second-order valence-electron chi connectivity index (χ2n) is 9.39. The van der Waals surface area contributed by atoms with E-state index in [4.69, 9.17) is 32.9 Å². The van der Waals surface area contributed by atoms with Gasteiger partial charge in [-0.1, -0.05) is 30.1 Å². The third-order valence-electron chi connectivity index (χ3n) is 7.10. The first-order valence-electron chi connectivity index (χ1n) is 12.9. The number of anilines is 4. The number of fused-ring (bicyclic) bond motifs is 1. The first-order valence-corrected chi connectivity index (χ1v) is 13.8. The molecule has 210 valence electrons. The minimum Gasteiger partial charge on any atom is -0.495 e. The number of likely N-dealkylation sites (N-methyl/N-ethyl adjacent to an activating group) is 1. The van der Waals surface area contributed by atoms with Gasteiger partial charge in [-0.25, -0.2) is 4.98 Å². The molecule has 4 rings (SSSR count). The van der Waals surface area contributed by atoms with Crippen LogP contribution in [-0.2, 0) is 9.59 Å². The minimum absolute atomic E-state index is 0.0202. The molecule has 2 N–H and O–H groups in total. The molecular weight excluding hydrogens is 545 g/mol. The molecule has 0 unspecified atom stereocenters. The molecule has 0 saturated carbocycles. The van der Waals surface area contributed by atoms with E-state index in [0.717, 1.165) is 0 Å². The maximum atomic E-state index is 13.3. The Morgan fingerprint density at radius 1 is 1.21 bits per heavy atom. The maximum absolute atomic E-state index is 13.3. The van der Waals surface area contributed by atoms with Crippen LogP contribution < -0.4 is 25.2 Å². The van der Waals surface area contributed by atoms with E-state index in [0.29, 0.717) is 73.4 Å². The molecule has 0 radical (unpaired) electrons. The van der Waals surface area contributed by atoms with Gasteiger partial charge in [0.15, 0.2) is 10.7 Å². The van der Waals surface area contributed by atoms with Crippen LogP contribution in [0.25, 0.3) is 0 Å². The van der Waals surface area contributed by atoms with Gasteiger partial charge in [-0.3, -0.25) is 14.4 Å². The van der Waals surface area contributed by atoms with Gasteiger partial charge in [0, 0.05) is 38.3 Å². The van der Waals surface area contributed by atoms with Crippen LogP contribution in [0.3, 0.4) is 0 Å². The van der Waals surface area contributed by atoms with Crippen molar-refractivity contribution in [1.82, 2.24) is 20.2 Å². The van der Waals surface area contributed by atoms with E-state index >= 15 is 0 Å². The Kier molecular flexibility index (Phi) is 9.01. The molecule has 39 heavy (non-hydrogen) atoms. The highest BCUT2D eigenvalue weighted by atomic mass is 35.5. The summed E-state index contributed by atoms with van der Waals surface area (Å²) in [7, 11) is 3.25. The number of amides is 3. The Hall–Kier alpha value is -3.31. The van der Waals surface area contributed by atoms with Crippen molar-refractivity contribution in [2.75, 3.05) is 48.9 Å². The zero-order valence-electron chi connectivity index (χ0n) is 22.4. The fourth-order valence-electron chi connectivity index (χ4n) is 5.08. The van der Waals surface area contributed by atoms with Crippen molar-refractivity contribution in [1.29, 1.82) is 0 Å². The van der Waals surface area contributed by atoms with Gasteiger partial charge in [-0.2, -0.15) is 4.98 Å². The first-order chi connectivity index (χ1) is 18.7. The molecule has 1 saturated heterocycles. The second kappa shape index (κ2) is 12.3. The van der Waals surface area contributed by atoms with Crippen LogP contribution >= 0.6 is 23.2 Å². The van der Waals surface area contributed by atoms with E-state index in [1.54, 1.807) is 41.2 Å². The molecule has 0 spiro atoms. The van der Waals surface area contributed by atoms with Crippen LogP contribution in [0.1, 0.15) is 43.5 Å². The summed E-state index contributed by atoms with van der Waals surface area (Å²) in [6, 6.07) is 4.66. The standard InChI is InChI=1S/C26H33Cl2N7O4/c1-5-18-24(37)33(3)19-14-30-26(31-17-8-7-15(13-20(17)39-4)23(36)29-6-2)32-22(19)35(18)16-9-11-34(12-10-16)25(38)21(27)28/h7-8,13-14,16,18,21H,5-6,9-12H2,1-4H3,(H,29,36)(H,30,31,32)/t18-/m1/s1. The highest BCUT2D eigenvalue weighted by Gasteiger charge is 2.42. The summed E-state index contributed by atoms with van der Waals surface area (Å²) in [5.41, 5.74) is 1.67. The monoisotopic (exact) mass is 577 g/mol. The number of rotatable bonds is 8. The lowest BCUT2D eigenvalue weighted by Gasteiger charge is -2.46. The topological polar surface area (TPSA) is 120 Å². The second-order valence-corrected chi connectivity index (χ2v) is 10.5. The van der Waals surface area contributed by atoms with Gasteiger partial charge >= 0.3 is 0 Å². The molecule has 3 amide bonds. The molecule has 1 fully saturated rings. The number of aromatic nitrogens is 2. The van der Waals surface area contributed by atoms with Gasteiger partial charge in [0.2, 0.25) is 11.9 Å². The average Bonchev–Trinajstić information content (AvgIpc) is 2.94. The van der Waals surface area contributed by atoms with Crippen molar-refractivity contribution >= 4 is 64.1 Å². The van der Waals surface area contributed by atoms with Crippen molar-refractivity contribution in [3.05, 3.63) is 30.0 Å². The largest absolute Gasteiger partial charge is 0.495 e. The lowest BCUT2D eigenvalue weighted by Crippen LogP contribution is -2.58. The molecule has 1 aromatic heterocycles. The van der Waals surface area contributed by atoms with Gasteiger partial charge in [0.05, 0.1) is 19.0 Å². The summed E-state index contributed by atoms with van der Waals surface area (Å²) in [6.45, 7) is 5.31. The number of nitrogens with zero attached hydrogens (tertiary/aromatic N) is 5. The van der Waals surface area contributed by atoms with Gasteiger partial charge in [0.25, 0.3) is 11.8 Å². The number of ether oxygens (including phenoxy) is 1. The molecule has 0 aliphatic carbocycles. The Balaban J connectivity index is 1.64. The highest BCUT2D eigenvalue weighted by molar-refractivity contribution is 6.53. The fraction of sp³-hybridized carbons (Fsp3) is 0.500. The van der Waals surface area contributed by atoms with Crippen molar-refractivity contribution in [3.63, 3.8) is 0 Å². The zero-order chi connectivity index (χ0) is 28.3. The van der Waals surface area contributed by atoms with Gasteiger partial charge in [0.1, 0.15) is 17.5 Å². The van der Waals surface area contributed by atoms with Gasteiger partial charge < -0.3 is 30.1 Å². The Morgan fingerprint density at radius 2 is 1.92 bits per heavy atom. The smallest absolute Gasteiger partial charge is 0.255 e. The summed E-state index contributed by atoms with van der Waals surface area (Å²) in [6.07, 6.45) is 3.50. The van der Waals surface area contributed by atoms with Crippen molar-refractivity contribution in [2.45, 2.75) is 50.0 Å². The first kappa shape index (κ1) is 28.7. The predicted molar refractivity (Wildman–Crippen MR) is 151 cm³/mol. The number of carbonyl (C=O) groups is 3. The lowest BCUT2D eigenvalue weighted by molar-refractivity contribution is -0.130. The summed E-state index contributed by atoms with van der Waals surface area (Å²) in [4.78, 5) is 51.4. The molecule has 13 heteroatoms. The zero-order valence-corrected chi connectivity index (χ0v) is 23.9. The van der Waals surface area contributed by atoms with Crippen LogP contribution in [0.5, 0.6) is 5.75 Å². The van der Waals surface area contributed by atoms with Crippen molar-refractivity contribution in [3.8, 4) is 5.75 Å². The van der Waals surface area contributed by atoms with Crippen LogP contribution in [0.15, 0.2) is 24.4 Å². The molecule has 11 nitrogen and oxygen atoms in total. The Morgan fingerprint density at radius 3 is 2.54 bits per heavy atom. The number of halogens is 2. The van der Waals surface area contributed by atoms with Crippen LogP contribution in [-0.4, -0.2) is 83.3 Å². The number of hydrogen-bond acceptors (Lipinski definition) is 8. The number of alkyl halides is 2. The third kappa shape index (κ3) is 5.84. The lowest BCUT2D eigenvalue weighted by atomic mass is 9.97. The normalized spacial score (nSPS) is 17.8. The summed E-state index contributed by atoms with van der Waals surface area (Å²) in [5, 5.41) is 5.97. The summed E-state index contributed by atoms with van der Waals surface area (Å²) >= 11 is 11.6. The molecular formula is C26H33Cl2N7O4.